The second-order valence-electron chi connectivity index (χ2n) is 8.26. The number of fused-ring (bicyclic) bond motifs is 2. The summed E-state index contributed by atoms with van der Waals surface area (Å²) < 4.78 is 10.9. The zero-order valence-corrected chi connectivity index (χ0v) is 17.1. The second-order valence-corrected chi connectivity index (χ2v) is 8.26. The van der Waals surface area contributed by atoms with Crippen LogP contribution < -0.4 is 19.7 Å². The largest absolute Gasteiger partial charge is 0.454 e. The Hall–Kier alpha value is -2.95. The fourth-order valence-corrected chi connectivity index (χ4v) is 4.17. The summed E-state index contributed by atoms with van der Waals surface area (Å²) in [5, 5.41) is 4.76. The fraction of sp³-hybridized carbons (Fsp3) is 0.375. The highest BCUT2D eigenvalue weighted by Gasteiger charge is 2.19. The molecule has 2 aromatic carbocycles. The molecule has 5 rings (SSSR count). The van der Waals surface area contributed by atoms with Gasteiger partial charge in [0, 0.05) is 36.8 Å². The van der Waals surface area contributed by atoms with E-state index >= 15 is 0 Å². The van der Waals surface area contributed by atoms with Crippen LogP contribution in [0.5, 0.6) is 11.5 Å². The minimum atomic E-state index is 0.301. The minimum absolute atomic E-state index is 0.301. The molecule has 0 saturated carbocycles. The first-order valence-electron chi connectivity index (χ1n) is 10.4. The first-order chi connectivity index (χ1) is 14.2. The molecular weight excluding hydrogens is 362 g/mol. The standard InChI is InChI=1S/C24H27N3O2/c1-16-7-9-27(10-8-16)21-13-24(26-20-5-3-17(2)11-19(20)21)25-14-18-4-6-22-23(12-18)29-15-28-22/h3-6,11-13,16H,7-10,14-15H2,1-2H3,(H,25,26). The number of aromatic nitrogens is 1. The van der Waals surface area contributed by atoms with Crippen LogP contribution in [0.4, 0.5) is 11.5 Å². The van der Waals surface area contributed by atoms with Gasteiger partial charge in [-0.2, -0.15) is 0 Å². The van der Waals surface area contributed by atoms with Crippen molar-refractivity contribution < 1.29 is 9.47 Å². The van der Waals surface area contributed by atoms with Gasteiger partial charge in [-0.05, 0) is 55.5 Å². The van der Waals surface area contributed by atoms with Crippen molar-refractivity contribution in [1.29, 1.82) is 0 Å². The number of ether oxygens (including phenoxy) is 2. The molecule has 1 saturated heterocycles. The van der Waals surface area contributed by atoms with E-state index in [1.165, 1.54) is 29.5 Å². The summed E-state index contributed by atoms with van der Waals surface area (Å²) in [7, 11) is 0. The molecule has 2 aliphatic heterocycles. The summed E-state index contributed by atoms with van der Waals surface area (Å²) in [6.07, 6.45) is 2.49. The Morgan fingerprint density at radius 3 is 2.72 bits per heavy atom. The maximum absolute atomic E-state index is 5.49. The topological polar surface area (TPSA) is 46.6 Å². The van der Waals surface area contributed by atoms with E-state index in [4.69, 9.17) is 14.5 Å². The Bertz CT molecular complexity index is 1040. The summed E-state index contributed by atoms with van der Waals surface area (Å²) in [6.45, 7) is 7.70. The smallest absolute Gasteiger partial charge is 0.231 e. The highest BCUT2D eigenvalue weighted by Crippen LogP contribution is 2.34. The van der Waals surface area contributed by atoms with Crippen LogP contribution >= 0.6 is 0 Å². The SMILES string of the molecule is Cc1ccc2nc(NCc3ccc4c(c3)OCO4)cc(N3CCC(C)CC3)c2c1. The van der Waals surface area contributed by atoms with Crippen LogP contribution in [0.15, 0.2) is 42.5 Å². The van der Waals surface area contributed by atoms with E-state index in [0.717, 1.165) is 47.4 Å². The monoisotopic (exact) mass is 389 g/mol. The zero-order valence-electron chi connectivity index (χ0n) is 17.1. The van der Waals surface area contributed by atoms with Crippen molar-refractivity contribution >= 4 is 22.4 Å². The van der Waals surface area contributed by atoms with Crippen LogP contribution in [-0.4, -0.2) is 24.9 Å². The normalized spacial score (nSPS) is 16.4. The molecule has 5 heteroatoms. The van der Waals surface area contributed by atoms with Gasteiger partial charge in [-0.25, -0.2) is 4.98 Å². The van der Waals surface area contributed by atoms with Crippen molar-refractivity contribution in [3.05, 3.63) is 53.6 Å². The van der Waals surface area contributed by atoms with E-state index in [2.05, 4.69) is 54.4 Å². The molecule has 2 aliphatic rings. The molecule has 0 unspecified atom stereocenters. The number of hydrogen-bond acceptors (Lipinski definition) is 5. The predicted octanol–water partition coefficient (Wildman–Crippen LogP) is 5.12. The van der Waals surface area contributed by atoms with E-state index in [-0.39, 0.29) is 0 Å². The Morgan fingerprint density at radius 2 is 1.86 bits per heavy atom. The maximum Gasteiger partial charge on any atom is 0.231 e. The molecule has 0 bridgehead atoms. The van der Waals surface area contributed by atoms with Crippen molar-refractivity contribution in [3.63, 3.8) is 0 Å². The van der Waals surface area contributed by atoms with Crippen molar-refractivity contribution in [1.82, 2.24) is 4.98 Å². The van der Waals surface area contributed by atoms with E-state index in [9.17, 15) is 0 Å². The van der Waals surface area contributed by atoms with Crippen molar-refractivity contribution in [3.8, 4) is 11.5 Å². The Balaban J connectivity index is 1.43. The summed E-state index contributed by atoms with van der Waals surface area (Å²) in [4.78, 5) is 7.40. The van der Waals surface area contributed by atoms with E-state index in [1.54, 1.807) is 0 Å². The highest BCUT2D eigenvalue weighted by molar-refractivity contribution is 5.94. The van der Waals surface area contributed by atoms with Gasteiger partial charge in [0.2, 0.25) is 6.79 Å². The van der Waals surface area contributed by atoms with Gasteiger partial charge < -0.3 is 19.7 Å². The minimum Gasteiger partial charge on any atom is -0.454 e. The average Bonchev–Trinajstić information content (AvgIpc) is 3.20. The molecule has 5 nitrogen and oxygen atoms in total. The van der Waals surface area contributed by atoms with Gasteiger partial charge in [0.1, 0.15) is 5.82 Å². The van der Waals surface area contributed by atoms with E-state index in [1.807, 2.05) is 12.1 Å². The average molecular weight is 389 g/mol. The van der Waals surface area contributed by atoms with Crippen LogP contribution in [0.3, 0.4) is 0 Å². The number of aryl methyl sites for hydroxylation is 1. The molecule has 1 aromatic heterocycles. The van der Waals surface area contributed by atoms with Crippen molar-refractivity contribution in [2.24, 2.45) is 5.92 Å². The number of rotatable bonds is 4. The molecule has 3 heterocycles. The van der Waals surface area contributed by atoms with Crippen molar-refractivity contribution in [2.45, 2.75) is 33.2 Å². The predicted molar refractivity (Wildman–Crippen MR) is 117 cm³/mol. The number of nitrogens with zero attached hydrogens (tertiary/aromatic N) is 2. The zero-order chi connectivity index (χ0) is 19.8. The molecule has 0 spiro atoms. The van der Waals surface area contributed by atoms with Gasteiger partial charge in [-0.3, -0.25) is 0 Å². The first kappa shape index (κ1) is 18.1. The van der Waals surface area contributed by atoms with E-state index < -0.39 is 0 Å². The lowest BCUT2D eigenvalue weighted by molar-refractivity contribution is 0.174. The molecule has 0 atom stereocenters. The molecule has 150 valence electrons. The van der Waals surface area contributed by atoms with Crippen LogP contribution in [0, 0.1) is 12.8 Å². The Labute approximate surface area is 171 Å². The fourth-order valence-electron chi connectivity index (χ4n) is 4.17. The lowest BCUT2D eigenvalue weighted by Gasteiger charge is -2.33. The third-order valence-corrected chi connectivity index (χ3v) is 5.98. The third-order valence-electron chi connectivity index (χ3n) is 5.98. The lowest BCUT2D eigenvalue weighted by Crippen LogP contribution is -2.33. The second kappa shape index (κ2) is 7.47. The van der Waals surface area contributed by atoms with Crippen LogP contribution in [0.25, 0.3) is 10.9 Å². The van der Waals surface area contributed by atoms with Gasteiger partial charge in [-0.15, -0.1) is 0 Å². The van der Waals surface area contributed by atoms with Crippen molar-refractivity contribution in [2.75, 3.05) is 30.1 Å². The lowest BCUT2D eigenvalue weighted by atomic mass is 9.98. The molecule has 1 N–H and O–H groups in total. The van der Waals surface area contributed by atoms with Gasteiger partial charge >= 0.3 is 0 Å². The number of benzene rings is 2. The summed E-state index contributed by atoms with van der Waals surface area (Å²) in [5.74, 6) is 3.35. The molecule has 1 fully saturated rings. The van der Waals surface area contributed by atoms with Gasteiger partial charge in [0.25, 0.3) is 0 Å². The third kappa shape index (κ3) is 3.69. The molecule has 0 radical (unpaired) electrons. The summed E-state index contributed by atoms with van der Waals surface area (Å²) in [6, 6.07) is 14.8. The molecule has 0 aliphatic carbocycles. The van der Waals surface area contributed by atoms with E-state index in [0.29, 0.717) is 13.3 Å². The van der Waals surface area contributed by atoms with Gasteiger partial charge in [0.15, 0.2) is 11.5 Å². The summed E-state index contributed by atoms with van der Waals surface area (Å²) >= 11 is 0. The van der Waals surface area contributed by atoms with Gasteiger partial charge in [0.05, 0.1) is 5.52 Å². The molecule has 3 aromatic rings. The number of hydrogen-bond donors (Lipinski definition) is 1. The Morgan fingerprint density at radius 1 is 1.03 bits per heavy atom. The number of nitrogens with one attached hydrogen (secondary N) is 1. The first-order valence-corrected chi connectivity index (χ1v) is 10.4. The number of pyridine rings is 1. The molecular formula is C24H27N3O2. The maximum atomic E-state index is 5.49. The quantitative estimate of drug-likeness (QED) is 0.671. The number of piperidine rings is 1. The Kier molecular flexibility index (Phi) is 4.66. The molecule has 0 amide bonds. The van der Waals surface area contributed by atoms with Crippen LogP contribution in [0.2, 0.25) is 0 Å². The van der Waals surface area contributed by atoms with Gasteiger partial charge in [-0.1, -0.05) is 24.6 Å². The summed E-state index contributed by atoms with van der Waals surface area (Å²) in [5.41, 5.74) is 4.75. The highest BCUT2D eigenvalue weighted by atomic mass is 16.7. The van der Waals surface area contributed by atoms with Crippen LogP contribution in [0.1, 0.15) is 30.9 Å². The number of anilines is 2. The van der Waals surface area contributed by atoms with Crippen LogP contribution in [-0.2, 0) is 6.54 Å². The molecule has 29 heavy (non-hydrogen) atoms.